The lowest BCUT2D eigenvalue weighted by Gasteiger charge is -2.37. The summed E-state index contributed by atoms with van der Waals surface area (Å²) in [5, 5.41) is 0.103. The largest absolute Gasteiger partial charge is 0.377 e. The molecule has 0 rings (SSSR count). The molecule has 0 amide bonds. The zero-order chi connectivity index (χ0) is 16.8. The Morgan fingerprint density at radius 3 is 2.14 bits per heavy atom. The Morgan fingerprint density at radius 1 is 1.29 bits per heavy atom. The van der Waals surface area contributed by atoms with Crippen LogP contribution in [0.25, 0.3) is 0 Å². The molecule has 0 N–H and O–H groups in total. The highest BCUT2D eigenvalue weighted by Gasteiger charge is 2.35. The molecule has 0 aromatic rings. The van der Waals surface area contributed by atoms with E-state index < -0.39 is 20.8 Å². The molecule has 0 aliphatic heterocycles. The third-order valence-electron chi connectivity index (χ3n) is 3.91. The SMILES string of the molecule is CCOC(CN(C)S(C)(=O)=O)C(C)(C)CC(CC)[S@](C)=O. The minimum atomic E-state index is -3.23. The van der Waals surface area contributed by atoms with E-state index in [-0.39, 0.29) is 16.8 Å². The Balaban J connectivity index is 5.10. The third-order valence-corrected chi connectivity index (χ3v) is 6.63. The maximum absolute atomic E-state index is 11.8. The van der Waals surface area contributed by atoms with Crippen molar-refractivity contribution >= 4 is 20.8 Å². The second kappa shape index (κ2) is 8.60. The van der Waals surface area contributed by atoms with E-state index in [1.165, 1.54) is 10.6 Å². The van der Waals surface area contributed by atoms with Gasteiger partial charge in [0.05, 0.1) is 12.4 Å². The highest BCUT2D eigenvalue weighted by Crippen LogP contribution is 2.32. The molecule has 0 saturated heterocycles. The first kappa shape index (κ1) is 21.0. The van der Waals surface area contributed by atoms with Crippen LogP contribution in [-0.2, 0) is 25.6 Å². The average Bonchev–Trinajstić information content (AvgIpc) is 2.33. The van der Waals surface area contributed by atoms with Gasteiger partial charge in [-0.25, -0.2) is 12.7 Å². The van der Waals surface area contributed by atoms with Gasteiger partial charge in [0.1, 0.15) is 0 Å². The van der Waals surface area contributed by atoms with Crippen LogP contribution in [0.5, 0.6) is 0 Å². The predicted octanol–water partition coefficient (Wildman–Crippen LogP) is 1.86. The quantitative estimate of drug-likeness (QED) is 0.608. The summed E-state index contributed by atoms with van der Waals surface area (Å²) >= 11 is 0. The topological polar surface area (TPSA) is 63.7 Å². The summed E-state index contributed by atoms with van der Waals surface area (Å²) in [6.45, 7) is 8.88. The van der Waals surface area contributed by atoms with Gasteiger partial charge in [-0.1, -0.05) is 20.8 Å². The van der Waals surface area contributed by atoms with Crippen molar-refractivity contribution < 1.29 is 17.4 Å². The van der Waals surface area contributed by atoms with Crippen LogP contribution in [0.3, 0.4) is 0 Å². The Kier molecular flexibility index (Phi) is 8.61. The van der Waals surface area contributed by atoms with Crippen molar-refractivity contribution in [2.24, 2.45) is 5.41 Å². The number of sulfonamides is 1. The van der Waals surface area contributed by atoms with Gasteiger partial charge >= 0.3 is 0 Å². The first-order valence-electron chi connectivity index (χ1n) is 7.30. The number of hydrogen-bond acceptors (Lipinski definition) is 4. The fourth-order valence-corrected chi connectivity index (χ4v) is 3.85. The molecule has 5 nitrogen and oxygen atoms in total. The van der Waals surface area contributed by atoms with Gasteiger partial charge in [-0.2, -0.15) is 0 Å². The van der Waals surface area contributed by atoms with Gasteiger partial charge < -0.3 is 4.74 Å². The van der Waals surface area contributed by atoms with Crippen LogP contribution in [0.1, 0.15) is 40.5 Å². The van der Waals surface area contributed by atoms with Gasteiger partial charge in [0.25, 0.3) is 0 Å². The molecule has 21 heavy (non-hydrogen) atoms. The maximum Gasteiger partial charge on any atom is 0.211 e. The summed E-state index contributed by atoms with van der Waals surface area (Å²) in [7, 11) is -2.56. The Labute approximate surface area is 132 Å². The van der Waals surface area contributed by atoms with E-state index in [4.69, 9.17) is 4.74 Å². The van der Waals surface area contributed by atoms with Crippen molar-refractivity contribution in [3.8, 4) is 0 Å². The third kappa shape index (κ3) is 7.21. The normalized spacial score (nSPS) is 17.7. The number of ether oxygens (including phenoxy) is 1. The van der Waals surface area contributed by atoms with Gasteiger partial charge in [-0.05, 0) is 25.2 Å². The van der Waals surface area contributed by atoms with Crippen LogP contribution in [0.15, 0.2) is 0 Å². The number of hydrogen-bond donors (Lipinski definition) is 0. The molecule has 0 heterocycles. The van der Waals surface area contributed by atoms with Gasteiger partial charge in [-0.15, -0.1) is 0 Å². The fraction of sp³-hybridized carbons (Fsp3) is 1.00. The molecule has 128 valence electrons. The molecule has 7 heteroatoms. The number of nitrogens with zero attached hydrogens (tertiary/aromatic N) is 1. The molecule has 0 aromatic heterocycles. The van der Waals surface area contributed by atoms with Crippen LogP contribution in [0.4, 0.5) is 0 Å². The first-order chi connectivity index (χ1) is 9.45. The number of likely N-dealkylation sites (N-methyl/N-ethyl adjacent to an activating group) is 1. The standard InChI is InChI=1S/C14H31NO4S2/c1-8-12(20(6)16)10-14(3,4)13(19-9-2)11-15(5)21(7,17)18/h12-13H,8-11H2,1-7H3/t12?,13?,20-/m0/s1. The van der Waals surface area contributed by atoms with E-state index in [1.54, 1.807) is 13.3 Å². The van der Waals surface area contributed by atoms with Crippen molar-refractivity contribution in [2.45, 2.75) is 51.9 Å². The molecular formula is C14H31NO4S2. The molecule has 3 atom stereocenters. The maximum atomic E-state index is 11.8. The zero-order valence-corrected chi connectivity index (χ0v) is 16.0. The van der Waals surface area contributed by atoms with Crippen molar-refractivity contribution in [1.82, 2.24) is 4.31 Å². The van der Waals surface area contributed by atoms with Crippen LogP contribution < -0.4 is 0 Å². The molecule has 2 unspecified atom stereocenters. The Hall–Kier alpha value is 0.0200. The van der Waals surface area contributed by atoms with E-state index in [2.05, 4.69) is 13.8 Å². The molecule has 0 saturated carbocycles. The highest BCUT2D eigenvalue weighted by molar-refractivity contribution is 7.88. The van der Waals surface area contributed by atoms with E-state index in [0.29, 0.717) is 13.2 Å². The molecule has 0 aliphatic rings. The van der Waals surface area contributed by atoms with Crippen molar-refractivity contribution in [2.75, 3.05) is 32.7 Å². The average molecular weight is 342 g/mol. The lowest BCUT2D eigenvalue weighted by Crippen LogP contribution is -2.44. The minimum Gasteiger partial charge on any atom is -0.377 e. The first-order valence-corrected chi connectivity index (χ1v) is 10.8. The molecule has 0 bridgehead atoms. The van der Waals surface area contributed by atoms with E-state index in [9.17, 15) is 12.6 Å². The van der Waals surface area contributed by atoms with Gasteiger partial charge in [0, 0.05) is 42.5 Å². The molecule has 0 aliphatic carbocycles. The summed E-state index contributed by atoms with van der Waals surface area (Å²) < 4.78 is 42.1. The van der Waals surface area contributed by atoms with Crippen LogP contribution in [0.2, 0.25) is 0 Å². The minimum absolute atomic E-state index is 0.103. The summed E-state index contributed by atoms with van der Waals surface area (Å²) in [6, 6.07) is 0. The van der Waals surface area contributed by atoms with Crippen molar-refractivity contribution in [3.63, 3.8) is 0 Å². The molecule has 0 aromatic carbocycles. The molecule has 0 spiro atoms. The van der Waals surface area contributed by atoms with Gasteiger partial charge in [0.15, 0.2) is 0 Å². The summed E-state index contributed by atoms with van der Waals surface area (Å²) in [4.78, 5) is 0. The highest BCUT2D eigenvalue weighted by atomic mass is 32.2. The van der Waals surface area contributed by atoms with E-state index in [0.717, 1.165) is 12.8 Å². The lowest BCUT2D eigenvalue weighted by atomic mass is 9.81. The Morgan fingerprint density at radius 2 is 1.81 bits per heavy atom. The molecule has 0 fully saturated rings. The van der Waals surface area contributed by atoms with Gasteiger partial charge in [0.2, 0.25) is 10.0 Å². The monoisotopic (exact) mass is 341 g/mol. The summed E-state index contributed by atoms with van der Waals surface area (Å²) in [6.07, 6.45) is 4.28. The zero-order valence-electron chi connectivity index (χ0n) is 14.4. The van der Waals surface area contributed by atoms with Crippen molar-refractivity contribution in [1.29, 1.82) is 0 Å². The second-order valence-corrected chi connectivity index (χ2v) is 9.96. The molecular weight excluding hydrogens is 310 g/mol. The smallest absolute Gasteiger partial charge is 0.211 e. The fourth-order valence-electron chi connectivity index (χ4n) is 2.31. The van der Waals surface area contributed by atoms with Crippen LogP contribution >= 0.6 is 0 Å². The van der Waals surface area contributed by atoms with Crippen molar-refractivity contribution in [3.05, 3.63) is 0 Å². The van der Waals surface area contributed by atoms with Gasteiger partial charge in [-0.3, -0.25) is 4.21 Å². The summed E-state index contributed by atoms with van der Waals surface area (Å²) in [5.41, 5.74) is -0.249. The van der Waals surface area contributed by atoms with Crippen LogP contribution in [-0.4, -0.2) is 61.0 Å². The Bertz CT molecular complexity index is 434. The number of rotatable bonds is 10. The lowest BCUT2D eigenvalue weighted by molar-refractivity contribution is -0.0305. The predicted molar refractivity (Wildman–Crippen MR) is 89.4 cm³/mol. The summed E-state index contributed by atoms with van der Waals surface area (Å²) in [5.74, 6) is 0. The molecule has 0 radical (unpaired) electrons. The van der Waals surface area contributed by atoms with E-state index in [1.807, 2.05) is 13.8 Å². The van der Waals surface area contributed by atoms with Crippen LogP contribution in [0, 0.1) is 5.41 Å². The second-order valence-electron chi connectivity index (χ2n) is 6.21. The van der Waals surface area contributed by atoms with E-state index >= 15 is 0 Å².